The van der Waals surface area contributed by atoms with E-state index in [2.05, 4.69) is 12.6 Å². The summed E-state index contributed by atoms with van der Waals surface area (Å²) >= 11 is 3.87. The van der Waals surface area contributed by atoms with E-state index in [-0.39, 0.29) is 5.75 Å². The maximum Gasteiger partial charge on any atom is 0.253 e. The fraction of sp³-hybridized carbons (Fsp3) is 1.00. The standard InChI is InChI=1S/C8H14F2OS/c1-6-2-3-7(11,5-12)4-8(6,9)10/h6,11-12H,2-5H2,1H3. The first-order valence-electron chi connectivity index (χ1n) is 4.11. The lowest BCUT2D eigenvalue weighted by Gasteiger charge is -2.39. The van der Waals surface area contributed by atoms with Gasteiger partial charge in [0.25, 0.3) is 5.92 Å². The predicted octanol–water partition coefficient (Wildman–Crippen LogP) is 2.10. The van der Waals surface area contributed by atoms with Gasteiger partial charge in [-0.25, -0.2) is 8.78 Å². The van der Waals surface area contributed by atoms with Gasteiger partial charge in [-0.05, 0) is 12.8 Å². The van der Waals surface area contributed by atoms with Crippen LogP contribution in [0.15, 0.2) is 0 Å². The fourth-order valence-corrected chi connectivity index (χ4v) is 1.80. The van der Waals surface area contributed by atoms with E-state index in [1.54, 1.807) is 0 Å². The molecule has 12 heavy (non-hydrogen) atoms. The zero-order valence-electron chi connectivity index (χ0n) is 7.06. The molecule has 0 aromatic rings. The van der Waals surface area contributed by atoms with Crippen LogP contribution in [0.25, 0.3) is 0 Å². The summed E-state index contributed by atoms with van der Waals surface area (Å²) in [5.41, 5.74) is -1.25. The van der Waals surface area contributed by atoms with Crippen LogP contribution in [-0.4, -0.2) is 22.4 Å². The monoisotopic (exact) mass is 196 g/mol. The van der Waals surface area contributed by atoms with Gasteiger partial charge in [0, 0.05) is 18.1 Å². The second-order valence-electron chi connectivity index (χ2n) is 3.76. The Bertz CT molecular complexity index is 172. The summed E-state index contributed by atoms with van der Waals surface area (Å²) in [5.74, 6) is -3.22. The van der Waals surface area contributed by atoms with Crippen molar-refractivity contribution in [3.8, 4) is 0 Å². The molecule has 0 aromatic carbocycles. The van der Waals surface area contributed by atoms with Gasteiger partial charge in [0.2, 0.25) is 0 Å². The van der Waals surface area contributed by atoms with Gasteiger partial charge in [-0.2, -0.15) is 12.6 Å². The number of hydrogen-bond acceptors (Lipinski definition) is 2. The van der Waals surface area contributed by atoms with Crippen molar-refractivity contribution in [3.05, 3.63) is 0 Å². The Morgan fingerprint density at radius 1 is 1.58 bits per heavy atom. The molecule has 0 aromatic heterocycles. The molecule has 2 unspecified atom stereocenters. The molecule has 1 aliphatic rings. The number of rotatable bonds is 1. The van der Waals surface area contributed by atoms with E-state index in [1.165, 1.54) is 6.92 Å². The molecule has 0 bridgehead atoms. The minimum Gasteiger partial charge on any atom is -0.389 e. The van der Waals surface area contributed by atoms with Crippen LogP contribution in [0, 0.1) is 5.92 Å². The minimum absolute atomic E-state index is 0.120. The molecule has 0 spiro atoms. The SMILES string of the molecule is CC1CCC(O)(CS)CC1(F)F. The summed E-state index contributed by atoms with van der Waals surface area (Å²) in [6.45, 7) is 1.53. The van der Waals surface area contributed by atoms with Crippen molar-refractivity contribution in [1.29, 1.82) is 0 Å². The van der Waals surface area contributed by atoms with Gasteiger partial charge < -0.3 is 5.11 Å². The van der Waals surface area contributed by atoms with Gasteiger partial charge in [0.05, 0.1) is 5.60 Å². The van der Waals surface area contributed by atoms with Gasteiger partial charge in [-0.15, -0.1) is 0 Å². The highest BCUT2D eigenvalue weighted by Crippen LogP contribution is 2.43. The third-order valence-corrected chi connectivity index (χ3v) is 3.21. The first-order valence-corrected chi connectivity index (χ1v) is 4.74. The molecule has 1 saturated carbocycles. The molecule has 0 amide bonds. The normalized spacial score (nSPS) is 41.2. The van der Waals surface area contributed by atoms with Crippen LogP contribution in [0.5, 0.6) is 0 Å². The third kappa shape index (κ3) is 1.91. The molecule has 1 N–H and O–H groups in total. The Morgan fingerprint density at radius 3 is 2.58 bits per heavy atom. The van der Waals surface area contributed by atoms with E-state index >= 15 is 0 Å². The second kappa shape index (κ2) is 3.14. The maximum atomic E-state index is 13.1. The summed E-state index contributed by atoms with van der Waals surface area (Å²) in [4.78, 5) is 0. The summed E-state index contributed by atoms with van der Waals surface area (Å²) in [5, 5.41) is 9.58. The lowest BCUT2D eigenvalue weighted by molar-refractivity contribution is -0.145. The molecule has 0 radical (unpaired) electrons. The van der Waals surface area contributed by atoms with E-state index in [4.69, 9.17) is 0 Å². The van der Waals surface area contributed by atoms with Crippen molar-refractivity contribution in [1.82, 2.24) is 0 Å². The Hall–Kier alpha value is 0.170. The molecule has 72 valence electrons. The summed E-state index contributed by atoms with van der Waals surface area (Å²) < 4.78 is 26.2. The quantitative estimate of drug-likeness (QED) is 0.615. The van der Waals surface area contributed by atoms with Crippen molar-refractivity contribution in [2.75, 3.05) is 5.75 Å². The zero-order chi connectivity index (χ0) is 9.41. The molecular formula is C8H14F2OS. The Labute approximate surface area is 76.6 Å². The van der Waals surface area contributed by atoms with Crippen LogP contribution in [0.3, 0.4) is 0 Å². The van der Waals surface area contributed by atoms with Crippen LogP contribution in [0.1, 0.15) is 26.2 Å². The molecule has 1 fully saturated rings. The third-order valence-electron chi connectivity index (χ3n) is 2.62. The van der Waals surface area contributed by atoms with Gasteiger partial charge in [0.1, 0.15) is 0 Å². The minimum atomic E-state index is -2.73. The van der Waals surface area contributed by atoms with Crippen LogP contribution in [-0.2, 0) is 0 Å². The van der Waals surface area contributed by atoms with E-state index < -0.39 is 23.9 Å². The topological polar surface area (TPSA) is 20.2 Å². The van der Waals surface area contributed by atoms with Gasteiger partial charge in [-0.3, -0.25) is 0 Å². The zero-order valence-corrected chi connectivity index (χ0v) is 7.95. The Balaban J connectivity index is 2.68. The number of hydrogen-bond donors (Lipinski definition) is 2. The highest BCUT2D eigenvalue weighted by atomic mass is 32.1. The molecule has 0 heterocycles. The number of halogens is 2. The van der Waals surface area contributed by atoms with Crippen molar-refractivity contribution < 1.29 is 13.9 Å². The van der Waals surface area contributed by atoms with Crippen LogP contribution >= 0.6 is 12.6 Å². The first kappa shape index (κ1) is 10.3. The highest BCUT2D eigenvalue weighted by Gasteiger charge is 2.48. The van der Waals surface area contributed by atoms with E-state index in [9.17, 15) is 13.9 Å². The molecule has 0 aliphatic heterocycles. The smallest absolute Gasteiger partial charge is 0.253 e. The summed E-state index contributed by atoms with van der Waals surface area (Å²) in [6, 6.07) is 0. The highest BCUT2D eigenvalue weighted by molar-refractivity contribution is 7.80. The average Bonchev–Trinajstić information content (AvgIpc) is 1.97. The first-order chi connectivity index (χ1) is 5.40. The summed E-state index contributed by atoms with van der Waals surface area (Å²) in [7, 11) is 0. The van der Waals surface area contributed by atoms with Gasteiger partial charge in [0.15, 0.2) is 0 Å². The lowest BCUT2D eigenvalue weighted by atomic mass is 9.78. The van der Waals surface area contributed by atoms with Crippen LogP contribution in [0.4, 0.5) is 8.78 Å². The Morgan fingerprint density at radius 2 is 2.17 bits per heavy atom. The number of thiol groups is 1. The fourth-order valence-electron chi connectivity index (χ4n) is 1.53. The maximum absolute atomic E-state index is 13.1. The molecule has 1 aliphatic carbocycles. The van der Waals surface area contributed by atoms with Crippen molar-refractivity contribution in [2.24, 2.45) is 5.92 Å². The van der Waals surface area contributed by atoms with Crippen LogP contribution in [0.2, 0.25) is 0 Å². The molecule has 1 nitrogen and oxygen atoms in total. The molecule has 4 heteroatoms. The van der Waals surface area contributed by atoms with Crippen molar-refractivity contribution in [2.45, 2.75) is 37.7 Å². The molecular weight excluding hydrogens is 182 g/mol. The lowest BCUT2D eigenvalue weighted by Crippen LogP contribution is -2.46. The van der Waals surface area contributed by atoms with Gasteiger partial charge >= 0.3 is 0 Å². The van der Waals surface area contributed by atoms with Gasteiger partial charge in [-0.1, -0.05) is 6.92 Å². The number of alkyl halides is 2. The second-order valence-corrected chi connectivity index (χ2v) is 4.08. The summed E-state index contributed by atoms with van der Waals surface area (Å²) in [6.07, 6.45) is 0.377. The van der Waals surface area contributed by atoms with Crippen molar-refractivity contribution >= 4 is 12.6 Å². The largest absolute Gasteiger partial charge is 0.389 e. The van der Waals surface area contributed by atoms with Crippen molar-refractivity contribution in [3.63, 3.8) is 0 Å². The van der Waals surface area contributed by atoms with Crippen LogP contribution < -0.4 is 0 Å². The Kier molecular flexibility index (Phi) is 2.69. The van der Waals surface area contributed by atoms with E-state index in [0.29, 0.717) is 12.8 Å². The van der Waals surface area contributed by atoms with E-state index in [0.717, 1.165) is 0 Å². The average molecular weight is 196 g/mol. The molecule has 2 atom stereocenters. The van der Waals surface area contributed by atoms with E-state index in [1.807, 2.05) is 0 Å². The predicted molar refractivity (Wildman–Crippen MR) is 46.8 cm³/mol. The molecule has 0 saturated heterocycles. The molecule has 1 rings (SSSR count). The number of aliphatic hydroxyl groups is 1.